The Labute approximate surface area is 327 Å². The standard InChI is InChI=1S/C45H46Cl2N4O3/c1-54-45-34(27-49-28-35-19-22-42(53)50-35)18-21-41(51-45)40-12-6-11-39(44(40)47)38-10-5-9-37(43(38)46)32-16-17-33(26-48-25-30-14-20-36(52)23-30)31(24-32)15-13-29-7-3-2-4-8-29/h2-12,16-18,21,24,30,35,48-49H,13-15,19-20,22-23,25-28H2,1H3,(H,50,53)/t30-,35+/m1/s1. The van der Waals surface area contributed by atoms with Crippen molar-refractivity contribution >= 4 is 34.9 Å². The second kappa shape index (κ2) is 17.7. The minimum absolute atomic E-state index is 0.106. The number of ether oxygens (including phenoxy) is 1. The largest absolute Gasteiger partial charge is 0.481 e. The molecule has 9 heteroatoms. The van der Waals surface area contributed by atoms with Crippen LogP contribution in [0.15, 0.2) is 97.1 Å². The Balaban J connectivity index is 1.12. The SMILES string of the molecule is COc1nc(-c2cccc(-c3cccc(-c4ccc(CNC[C@@H]5CCC(=O)C5)c(CCc5ccccc5)c4)c3Cl)c2Cl)ccc1CNC[C@@H]1CCC(=O)N1. The number of ketones is 1. The van der Waals surface area contributed by atoms with Crippen molar-refractivity contribution in [2.24, 2.45) is 5.92 Å². The molecule has 1 aromatic heterocycles. The van der Waals surface area contributed by atoms with Crippen LogP contribution in [0, 0.1) is 5.92 Å². The van der Waals surface area contributed by atoms with E-state index in [4.69, 9.17) is 32.9 Å². The number of nitrogens with zero attached hydrogens (tertiary/aromatic N) is 1. The molecule has 54 heavy (non-hydrogen) atoms. The highest BCUT2D eigenvalue weighted by atomic mass is 35.5. The maximum absolute atomic E-state index is 11.8. The Morgan fingerprint density at radius 2 is 1.43 bits per heavy atom. The molecule has 2 aliphatic rings. The second-order valence-corrected chi connectivity index (χ2v) is 15.1. The number of aryl methyl sites for hydroxylation is 2. The first kappa shape index (κ1) is 37.8. The highest BCUT2D eigenvalue weighted by Crippen LogP contribution is 2.42. The number of benzene rings is 4. The quantitative estimate of drug-likeness (QED) is 0.0987. The van der Waals surface area contributed by atoms with Gasteiger partial charge in [-0.2, -0.15) is 0 Å². The molecule has 4 aromatic carbocycles. The zero-order chi connectivity index (χ0) is 37.4. The number of halogens is 2. The number of hydrogen-bond donors (Lipinski definition) is 3. The van der Waals surface area contributed by atoms with Crippen LogP contribution in [-0.2, 0) is 35.5 Å². The van der Waals surface area contributed by atoms with E-state index in [-0.39, 0.29) is 11.9 Å². The highest BCUT2D eigenvalue weighted by molar-refractivity contribution is 6.39. The maximum atomic E-state index is 11.8. The van der Waals surface area contributed by atoms with Gasteiger partial charge >= 0.3 is 0 Å². The molecule has 1 saturated carbocycles. The molecule has 1 amide bonds. The van der Waals surface area contributed by atoms with E-state index < -0.39 is 0 Å². The van der Waals surface area contributed by atoms with E-state index in [1.165, 1.54) is 16.7 Å². The van der Waals surface area contributed by atoms with Gasteiger partial charge < -0.3 is 20.7 Å². The molecule has 2 atom stereocenters. The van der Waals surface area contributed by atoms with Crippen LogP contribution >= 0.6 is 23.2 Å². The Bertz CT molecular complexity index is 2120. The Morgan fingerprint density at radius 1 is 0.722 bits per heavy atom. The fourth-order valence-corrected chi connectivity index (χ4v) is 8.30. The Hall–Kier alpha value is -4.53. The van der Waals surface area contributed by atoms with E-state index in [1.807, 2.05) is 42.5 Å². The number of Topliss-reactive ketones (excluding diaryl/α,β-unsaturated/α-hetero) is 1. The smallest absolute Gasteiger partial charge is 0.220 e. The summed E-state index contributed by atoms with van der Waals surface area (Å²) in [5.74, 6) is 1.43. The lowest BCUT2D eigenvalue weighted by Crippen LogP contribution is -2.35. The number of amides is 1. The molecule has 0 radical (unpaired) electrons. The number of methoxy groups -OCH3 is 1. The summed E-state index contributed by atoms with van der Waals surface area (Å²) < 4.78 is 5.69. The predicted octanol–water partition coefficient (Wildman–Crippen LogP) is 9.01. The van der Waals surface area contributed by atoms with Crippen molar-refractivity contribution < 1.29 is 14.3 Å². The molecule has 5 aromatic rings. The molecule has 7 nitrogen and oxygen atoms in total. The van der Waals surface area contributed by atoms with Crippen LogP contribution in [0.2, 0.25) is 10.0 Å². The van der Waals surface area contributed by atoms with Crippen molar-refractivity contribution in [2.75, 3.05) is 20.2 Å². The topological polar surface area (TPSA) is 92.3 Å². The van der Waals surface area contributed by atoms with Gasteiger partial charge in [-0.3, -0.25) is 9.59 Å². The van der Waals surface area contributed by atoms with Crippen molar-refractivity contribution in [3.05, 3.63) is 129 Å². The summed E-state index contributed by atoms with van der Waals surface area (Å²) in [6.07, 6.45) is 5.62. The monoisotopic (exact) mass is 760 g/mol. The molecule has 2 fully saturated rings. The van der Waals surface area contributed by atoms with Gasteiger partial charge in [0.1, 0.15) is 5.78 Å². The second-order valence-electron chi connectivity index (χ2n) is 14.4. The van der Waals surface area contributed by atoms with E-state index in [9.17, 15) is 9.59 Å². The lowest BCUT2D eigenvalue weighted by Gasteiger charge is -2.17. The van der Waals surface area contributed by atoms with Gasteiger partial charge in [0.25, 0.3) is 0 Å². The molecule has 7 rings (SSSR count). The van der Waals surface area contributed by atoms with Gasteiger partial charge in [0, 0.05) is 72.8 Å². The number of pyridine rings is 1. The summed E-state index contributed by atoms with van der Waals surface area (Å²) >= 11 is 14.5. The predicted molar refractivity (Wildman–Crippen MR) is 218 cm³/mol. The highest BCUT2D eigenvalue weighted by Gasteiger charge is 2.23. The van der Waals surface area contributed by atoms with Crippen LogP contribution in [0.1, 0.15) is 54.4 Å². The summed E-state index contributed by atoms with van der Waals surface area (Å²) in [7, 11) is 1.62. The molecule has 278 valence electrons. The van der Waals surface area contributed by atoms with Crippen LogP contribution < -0.4 is 20.7 Å². The maximum Gasteiger partial charge on any atom is 0.220 e. The molecule has 1 aliphatic carbocycles. The molecule has 0 spiro atoms. The summed E-state index contributed by atoms with van der Waals surface area (Å²) in [6, 6.07) is 33.4. The number of rotatable bonds is 15. The molecule has 3 N–H and O–H groups in total. The number of hydrogen-bond acceptors (Lipinski definition) is 6. The van der Waals surface area contributed by atoms with E-state index >= 15 is 0 Å². The van der Waals surface area contributed by atoms with Gasteiger partial charge in [0.15, 0.2) is 0 Å². The van der Waals surface area contributed by atoms with Crippen molar-refractivity contribution in [3.8, 4) is 39.4 Å². The first-order valence-electron chi connectivity index (χ1n) is 18.9. The molecular formula is C45H46Cl2N4O3. The average molecular weight is 762 g/mol. The van der Waals surface area contributed by atoms with Crippen molar-refractivity contribution in [1.29, 1.82) is 0 Å². The Kier molecular flexibility index (Phi) is 12.4. The van der Waals surface area contributed by atoms with Gasteiger partial charge in [-0.05, 0) is 66.5 Å². The summed E-state index contributed by atoms with van der Waals surface area (Å²) in [6.45, 7) is 2.85. The van der Waals surface area contributed by atoms with Crippen LogP contribution in [-0.4, -0.2) is 42.9 Å². The number of aromatic nitrogens is 1. The van der Waals surface area contributed by atoms with Crippen molar-refractivity contribution in [2.45, 2.75) is 64.1 Å². The molecular weight excluding hydrogens is 715 g/mol. The van der Waals surface area contributed by atoms with Gasteiger partial charge in [0.2, 0.25) is 11.8 Å². The number of carbonyl (C=O) groups excluding carboxylic acids is 2. The fraction of sp³-hybridized carbons (Fsp3) is 0.311. The lowest BCUT2D eigenvalue weighted by molar-refractivity contribution is -0.119. The average Bonchev–Trinajstić information content (AvgIpc) is 3.81. The van der Waals surface area contributed by atoms with Crippen LogP contribution in [0.25, 0.3) is 33.5 Å². The van der Waals surface area contributed by atoms with Gasteiger partial charge in [0.05, 0.1) is 22.8 Å². The van der Waals surface area contributed by atoms with Crippen molar-refractivity contribution in [3.63, 3.8) is 0 Å². The van der Waals surface area contributed by atoms with Crippen molar-refractivity contribution in [1.82, 2.24) is 20.9 Å². The minimum Gasteiger partial charge on any atom is -0.481 e. The zero-order valence-electron chi connectivity index (χ0n) is 30.6. The van der Waals surface area contributed by atoms with Gasteiger partial charge in [-0.25, -0.2) is 4.98 Å². The van der Waals surface area contributed by atoms with E-state index in [1.54, 1.807) is 7.11 Å². The Morgan fingerprint density at radius 3 is 2.15 bits per heavy atom. The zero-order valence-corrected chi connectivity index (χ0v) is 32.1. The normalized spacial score (nSPS) is 16.9. The minimum atomic E-state index is 0.106. The van der Waals surface area contributed by atoms with Gasteiger partial charge in [-0.15, -0.1) is 0 Å². The first-order chi connectivity index (χ1) is 26.4. The van der Waals surface area contributed by atoms with Crippen LogP contribution in [0.5, 0.6) is 5.88 Å². The van der Waals surface area contributed by atoms with E-state index in [0.29, 0.717) is 65.7 Å². The third-order valence-electron chi connectivity index (χ3n) is 10.6. The summed E-state index contributed by atoms with van der Waals surface area (Å²) in [5.41, 5.74) is 9.89. The van der Waals surface area contributed by atoms with Crippen LogP contribution in [0.3, 0.4) is 0 Å². The summed E-state index contributed by atoms with van der Waals surface area (Å²) in [4.78, 5) is 28.2. The molecule has 0 unspecified atom stereocenters. The van der Waals surface area contributed by atoms with E-state index in [2.05, 4.69) is 70.5 Å². The lowest BCUT2D eigenvalue weighted by atomic mass is 9.93. The number of nitrogens with one attached hydrogen (secondary N) is 3. The third kappa shape index (κ3) is 9.04. The summed E-state index contributed by atoms with van der Waals surface area (Å²) in [5, 5.41) is 11.2. The molecule has 1 saturated heterocycles. The number of carbonyl (C=O) groups is 2. The molecule has 2 heterocycles. The molecule has 0 bridgehead atoms. The third-order valence-corrected chi connectivity index (χ3v) is 11.4. The molecule has 1 aliphatic heterocycles. The van der Waals surface area contributed by atoms with Crippen LogP contribution in [0.4, 0.5) is 0 Å². The first-order valence-corrected chi connectivity index (χ1v) is 19.6. The van der Waals surface area contributed by atoms with Gasteiger partial charge in [-0.1, -0.05) is 114 Å². The van der Waals surface area contributed by atoms with E-state index in [0.717, 1.165) is 72.2 Å². The fourth-order valence-electron chi connectivity index (χ4n) is 7.64.